The van der Waals surface area contributed by atoms with E-state index in [9.17, 15) is 19.5 Å². The van der Waals surface area contributed by atoms with Gasteiger partial charge < -0.3 is 29.2 Å². The zero-order chi connectivity index (χ0) is 21.1. The lowest BCUT2D eigenvalue weighted by Crippen LogP contribution is -2.52. The number of carbonyl (C=O) groups is 3. The first kappa shape index (κ1) is 19.7. The molecule has 2 saturated heterocycles. The maximum Gasteiger partial charge on any atom is 0.509 e. The van der Waals surface area contributed by atoms with Gasteiger partial charge in [-0.05, 0) is 12.3 Å². The Morgan fingerprint density at radius 1 is 1.24 bits per heavy atom. The summed E-state index contributed by atoms with van der Waals surface area (Å²) in [4.78, 5) is 36.4. The molecule has 29 heavy (non-hydrogen) atoms. The zero-order valence-electron chi connectivity index (χ0n) is 15.7. The minimum Gasteiger partial charge on any atom is -0.458 e. The molecule has 2 N–H and O–H groups in total. The Bertz CT molecular complexity index is 830. The third-order valence-electron chi connectivity index (χ3n) is 6.51. The molecule has 0 aromatic heterocycles. The van der Waals surface area contributed by atoms with E-state index < -0.39 is 67.1 Å². The van der Waals surface area contributed by atoms with E-state index in [4.69, 9.17) is 24.1 Å². The third kappa shape index (κ3) is 2.71. The third-order valence-corrected chi connectivity index (χ3v) is 6.51. The summed E-state index contributed by atoms with van der Waals surface area (Å²) in [6.45, 7) is 10.3. The highest BCUT2D eigenvalue weighted by molar-refractivity contribution is 5.92. The van der Waals surface area contributed by atoms with E-state index in [0.717, 1.165) is 0 Å². The molecule has 9 nitrogen and oxygen atoms in total. The number of ether oxygens (including phenoxy) is 4. The molecule has 4 rings (SSSR count). The lowest BCUT2D eigenvalue weighted by Gasteiger charge is -2.36. The summed E-state index contributed by atoms with van der Waals surface area (Å²) in [5.74, 6) is -3.10. The Hall–Kier alpha value is -2.65. The molecule has 4 aliphatic rings. The van der Waals surface area contributed by atoms with Crippen LogP contribution in [0, 0.1) is 17.8 Å². The highest BCUT2D eigenvalue weighted by Gasteiger charge is 2.70. The van der Waals surface area contributed by atoms with Gasteiger partial charge in [0.1, 0.15) is 18.3 Å². The van der Waals surface area contributed by atoms with Crippen molar-refractivity contribution in [1.29, 1.82) is 0 Å². The molecular weight excluding hydrogens is 384 g/mol. The molecular formula is C20H22O9. The van der Waals surface area contributed by atoms with Crippen LogP contribution in [0.15, 0.2) is 36.5 Å². The van der Waals surface area contributed by atoms with Gasteiger partial charge in [-0.15, -0.1) is 0 Å². The molecule has 7 atom stereocenters. The second kappa shape index (κ2) is 6.70. The Morgan fingerprint density at radius 2 is 1.97 bits per heavy atom. The number of fused-ring (bicyclic) bond motifs is 5. The summed E-state index contributed by atoms with van der Waals surface area (Å²) in [6, 6.07) is 0. The van der Waals surface area contributed by atoms with E-state index in [1.165, 1.54) is 0 Å². The van der Waals surface area contributed by atoms with Crippen molar-refractivity contribution in [2.45, 2.75) is 36.8 Å². The molecule has 0 bridgehead atoms. The Balaban J connectivity index is 1.75. The molecule has 0 spiro atoms. The first-order chi connectivity index (χ1) is 13.7. The minimum absolute atomic E-state index is 0.123. The van der Waals surface area contributed by atoms with Crippen molar-refractivity contribution >= 4 is 18.1 Å². The van der Waals surface area contributed by atoms with Crippen LogP contribution in [0.4, 0.5) is 4.79 Å². The summed E-state index contributed by atoms with van der Waals surface area (Å²) in [6.07, 6.45) is -2.73. The average Bonchev–Trinajstić information content (AvgIpc) is 3.24. The molecule has 0 amide bonds. The average molecular weight is 406 g/mol. The van der Waals surface area contributed by atoms with Crippen molar-refractivity contribution in [3.05, 3.63) is 36.5 Å². The van der Waals surface area contributed by atoms with Gasteiger partial charge in [0.05, 0.1) is 24.7 Å². The summed E-state index contributed by atoms with van der Waals surface area (Å²) in [5.41, 5.74) is -0.691. The monoisotopic (exact) mass is 406 g/mol. The molecule has 0 aromatic rings. The maximum atomic E-state index is 12.3. The zero-order valence-corrected chi connectivity index (χ0v) is 15.7. The quantitative estimate of drug-likeness (QED) is 0.295. The second-order valence-corrected chi connectivity index (χ2v) is 7.93. The molecule has 4 fully saturated rings. The van der Waals surface area contributed by atoms with Crippen molar-refractivity contribution in [2.24, 2.45) is 17.8 Å². The van der Waals surface area contributed by atoms with Gasteiger partial charge in [-0.3, -0.25) is 0 Å². The molecule has 0 radical (unpaired) electrons. The van der Waals surface area contributed by atoms with Crippen LogP contribution in [0.3, 0.4) is 0 Å². The highest BCUT2D eigenvalue weighted by atomic mass is 16.8. The van der Waals surface area contributed by atoms with Crippen LogP contribution >= 0.6 is 0 Å². The van der Waals surface area contributed by atoms with Crippen LogP contribution in [0.25, 0.3) is 0 Å². The molecule has 2 aliphatic heterocycles. The van der Waals surface area contributed by atoms with E-state index in [2.05, 4.69) is 19.7 Å². The van der Waals surface area contributed by atoms with Crippen LogP contribution in [0.1, 0.15) is 12.8 Å². The molecule has 2 saturated carbocycles. The summed E-state index contributed by atoms with van der Waals surface area (Å²) in [5, 5.41) is 19.3. The number of hydrogen-bond donors (Lipinski definition) is 2. The predicted molar refractivity (Wildman–Crippen MR) is 95.1 cm³/mol. The topological polar surface area (TPSA) is 129 Å². The smallest absolute Gasteiger partial charge is 0.458 e. The van der Waals surface area contributed by atoms with Crippen molar-refractivity contribution in [3.63, 3.8) is 0 Å². The second-order valence-electron chi connectivity index (χ2n) is 7.93. The molecule has 9 heteroatoms. The van der Waals surface area contributed by atoms with Crippen LogP contribution in [0.5, 0.6) is 0 Å². The maximum absolute atomic E-state index is 12.3. The largest absolute Gasteiger partial charge is 0.509 e. The van der Waals surface area contributed by atoms with Crippen LogP contribution < -0.4 is 0 Å². The molecule has 1 unspecified atom stereocenters. The molecule has 2 heterocycles. The number of hydrogen-bond acceptors (Lipinski definition) is 9. The van der Waals surface area contributed by atoms with Gasteiger partial charge in [-0.25, -0.2) is 14.4 Å². The lowest BCUT2D eigenvalue weighted by atomic mass is 9.76. The van der Waals surface area contributed by atoms with Crippen molar-refractivity contribution in [3.8, 4) is 0 Å². The normalized spacial score (nSPS) is 40.2. The Morgan fingerprint density at radius 3 is 2.62 bits per heavy atom. The van der Waals surface area contributed by atoms with Gasteiger partial charge >= 0.3 is 18.1 Å². The van der Waals surface area contributed by atoms with Gasteiger partial charge in [-0.2, -0.15) is 0 Å². The SMILES string of the molecule is C=C(CO)C(=O)O[C@H]1CC(=C)[C@@H]2CC3OC(=O)O[C@]3(CO)[C@@H]2[C@H]2OC(=O)C(=C)[C@@H]21. The number of carbonyl (C=O) groups excluding carboxylic acids is 3. The number of aliphatic hydroxyl groups is 2. The van der Waals surface area contributed by atoms with Crippen molar-refractivity contribution in [2.75, 3.05) is 13.2 Å². The van der Waals surface area contributed by atoms with E-state index in [-0.39, 0.29) is 23.5 Å². The van der Waals surface area contributed by atoms with Crippen molar-refractivity contribution < 1.29 is 43.5 Å². The first-order valence-electron chi connectivity index (χ1n) is 9.31. The lowest BCUT2D eigenvalue weighted by molar-refractivity contribution is -0.154. The van der Waals surface area contributed by atoms with Crippen LogP contribution in [-0.2, 0) is 28.5 Å². The molecule has 0 aromatic carbocycles. The minimum atomic E-state index is -1.38. The van der Waals surface area contributed by atoms with Crippen LogP contribution in [0.2, 0.25) is 0 Å². The summed E-state index contributed by atoms with van der Waals surface area (Å²) < 4.78 is 21.8. The number of esters is 2. The Kier molecular flexibility index (Phi) is 4.54. The molecule has 156 valence electrons. The fourth-order valence-electron chi connectivity index (χ4n) is 5.15. The van der Waals surface area contributed by atoms with E-state index >= 15 is 0 Å². The van der Waals surface area contributed by atoms with Crippen LogP contribution in [-0.4, -0.2) is 65.4 Å². The van der Waals surface area contributed by atoms with E-state index in [1.807, 2.05) is 0 Å². The molecule has 2 aliphatic carbocycles. The number of aliphatic hydroxyl groups excluding tert-OH is 2. The van der Waals surface area contributed by atoms with Gasteiger partial charge in [0, 0.05) is 17.9 Å². The van der Waals surface area contributed by atoms with E-state index in [1.54, 1.807) is 0 Å². The van der Waals surface area contributed by atoms with Gasteiger partial charge in [0.2, 0.25) is 0 Å². The standard InChI is InChI=1S/C20H22O9/c1-8-4-12(26-17(23)9(2)6-21)14-10(3)18(24)28-16(14)15-11(8)5-13-20(15,7-22)29-19(25)27-13/h11-16,21-22H,1-7H2/t11-,12-,13?,14+,15-,16-,20-/m0/s1. The fourth-order valence-corrected chi connectivity index (χ4v) is 5.15. The fraction of sp³-hybridized carbons (Fsp3) is 0.550. The van der Waals surface area contributed by atoms with Gasteiger partial charge in [0.25, 0.3) is 0 Å². The summed E-state index contributed by atoms with van der Waals surface area (Å²) >= 11 is 0. The van der Waals surface area contributed by atoms with Gasteiger partial charge in [-0.1, -0.05) is 25.3 Å². The van der Waals surface area contributed by atoms with E-state index in [0.29, 0.717) is 12.0 Å². The highest BCUT2D eigenvalue weighted by Crippen LogP contribution is 2.58. The Labute approximate surface area is 166 Å². The van der Waals surface area contributed by atoms with Crippen molar-refractivity contribution in [1.82, 2.24) is 0 Å². The summed E-state index contributed by atoms with van der Waals surface area (Å²) in [7, 11) is 0. The number of rotatable bonds is 4. The predicted octanol–water partition coefficient (Wildman–Crippen LogP) is 0.407. The first-order valence-corrected chi connectivity index (χ1v) is 9.31. The van der Waals surface area contributed by atoms with Gasteiger partial charge in [0.15, 0.2) is 5.60 Å².